The molecule has 0 radical (unpaired) electrons. The van der Waals surface area contributed by atoms with Crippen LogP contribution in [0.15, 0.2) is 34.1 Å². The van der Waals surface area contributed by atoms with E-state index in [0.717, 1.165) is 4.57 Å². The van der Waals surface area contributed by atoms with E-state index in [1.54, 1.807) is 14.0 Å². The molecule has 3 aromatic rings. The molecule has 0 saturated heterocycles. The molecule has 0 unspecified atom stereocenters. The monoisotopic (exact) mass is 345 g/mol. The summed E-state index contributed by atoms with van der Waals surface area (Å²) in [4.78, 5) is 41.2. The van der Waals surface area contributed by atoms with Crippen LogP contribution in [0.3, 0.4) is 0 Å². The van der Waals surface area contributed by atoms with Gasteiger partial charge < -0.3 is 9.88 Å². The number of fused-ring (bicyclic) bond motifs is 1. The molecule has 0 fully saturated rings. The van der Waals surface area contributed by atoms with E-state index < -0.39 is 29.5 Å². The van der Waals surface area contributed by atoms with Gasteiger partial charge in [0.05, 0.1) is 6.33 Å². The Morgan fingerprint density at radius 1 is 1.28 bits per heavy atom. The van der Waals surface area contributed by atoms with Gasteiger partial charge in [0.2, 0.25) is 5.91 Å². The molecule has 0 atom stereocenters. The van der Waals surface area contributed by atoms with Crippen LogP contribution >= 0.6 is 0 Å². The van der Waals surface area contributed by atoms with E-state index in [1.165, 1.54) is 40.7 Å². The number of anilines is 1. The number of aromatic nitrogens is 4. The van der Waals surface area contributed by atoms with Gasteiger partial charge in [0.25, 0.3) is 5.56 Å². The molecule has 1 amide bonds. The number of carbonyl (C=O) groups excluding carboxylic acids is 1. The number of aryl methyl sites for hydroxylation is 3. The van der Waals surface area contributed by atoms with Crippen LogP contribution in [-0.4, -0.2) is 24.6 Å². The van der Waals surface area contributed by atoms with Crippen LogP contribution in [0.5, 0.6) is 0 Å². The quantitative estimate of drug-likeness (QED) is 0.749. The number of nitrogens with one attached hydrogen (secondary N) is 1. The highest BCUT2D eigenvalue weighted by Crippen LogP contribution is 2.15. The molecule has 25 heavy (non-hydrogen) atoms. The first-order chi connectivity index (χ1) is 11.8. The molecule has 0 spiro atoms. The van der Waals surface area contributed by atoms with Gasteiger partial charge >= 0.3 is 5.69 Å². The van der Waals surface area contributed by atoms with Gasteiger partial charge in [-0.15, -0.1) is 0 Å². The first-order valence-corrected chi connectivity index (χ1v) is 7.46. The zero-order valence-electron chi connectivity index (χ0n) is 13.9. The van der Waals surface area contributed by atoms with E-state index >= 15 is 0 Å². The van der Waals surface area contributed by atoms with Gasteiger partial charge in [0.15, 0.2) is 11.2 Å². The maximum Gasteiger partial charge on any atom is 0.332 e. The van der Waals surface area contributed by atoms with Gasteiger partial charge in [-0.2, -0.15) is 0 Å². The minimum absolute atomic E-state index is 0.230. The van der Waals surface area contributed by atoms with Crippen LogP contribution in [0.25, 0.3) is 11.2 Å². The molecule has 8 nitrogen and oxygen atoms in total. The predicted molar refractivity (Wildman–Crippen MR) is 90.0 cm³/mol. The van der Waals surface area contributed by atoms with Crippen LogP contribution in [-0.2, 0) is 25.4 Å². The fraction of sp³-hybridized carbons (Fsp3) is 0.250. The molecule has 0 bridgehead atoms. The Bertz CT molecular complexity index is 1110. The molecule has 130 valence electrons. The Morgan fingerprint density at radius 2 is 2.00 bits per heavy atom. The number of carbonyl (C=O) groups is 1. The Labute approximate surface area is 141 Å². The molecule has 9 heteroatoms. The summed E-state index contributed by atoms with van der Waals surface area (Å²) in [5.41, 5.74) is 0.205. The number of amides is 1. The molecule has 0 saturated carbocycles. The molecule has 0 aliphatic rings. The number of benzene rings is 1. The summed E-state index contributed by atoms with van der Waals surface area (Å²) in [5.74, 6) is -0.974. The summed E-state index contributed by atoms with van der Waals surface area (Å²) in [5, 5.41) is 2.58. The summed E-state index contributed by atoms with van der Waals surface area (Å²) in [7, 11) is 3.11. The summed E-state index contributed by atoms with van der Waals surface area (Å²) in [6.07, 6.45) is 1.43. The zero-order chi connectivity index (χ0) is 18.3. The largest absolute Gasteiger partial charge is 0.332 e. The van der Waals surface area contributed by atoms with Gasteiger partial charge in [-0.3, -0.25) is 14.2 Å². The van der Waals surface area contributed by atoms with Crippen molar-refractivity contribution in [3.63, 3.8) is 0 Å². The lowest BCUT2D eigenvalue weighted by atomic mass is 10.2. The Hall–Kier alpha value is -3.23. The molecule has 3 rings (SSSR count). The number of rotatable bonds is 3. The SMILES string of the molecule is Cc1cc(F)ccc1NC(=O)Cn1c(=O)c2c(ncn2C)n(C)c1=O. The molecular formula is C16H16FN5O3. The van der Waals surface area contributed by atoms with E-state index in [-0.39, 0.29) is 11.2 Å². The van der Waals surface area contributed by atoms with Crippen LogP contribution in [0, 0.1) is 12.7 Å². The Morgan fingerprint density at radius 3 is 2.68 bits per heavy atom. The van der Waals surface area contributed by atoms with Crippen LogP contribution in [0.4, 0.5) is 10.1 Å². The van der Waals surface area contributed by atoms with Crippen molar-refractivity contribution in [1.82, 2.24) is 18.7 Å². The van der Waals surface area contributed by atoms with E-state index in [2.05, 4.69) is 10.3 Å². The van der Waals surface area contributed by atoms with Gasteiger partial charge in [0.1, 0.15) is 12.4 Å². The zero-order valence-corrected chi connectivity index (χ0v) is 13.9. The lowest BCUT2D eigenvalue weighted by Gasteiger charge is -2.11. The smallest absolute Gasteiger partial charge is 0.328 e. The van der Waals surface area contributed by atoms with Crippen molar-refractivity contribution in [1.29, 1.82) is 0 Å². The molecule has 0 aliphatic carbocycles. The minimum atomic E-state index is -0.637. The number of nitrogens with zero attached hydrogens (tertiary/aromatic N) is 4. The summed E-state index contributed by atoms with van der Waals surface area (Å²) < 4.78 is 16.7. The highest BCUT2D eigenvalue weighted by atomic mass is 19.1. The highest BCUT2D eigenvalue weighted by Gasteiger charge is 2.17. The summed E-state index contributed by atoms with van der Waals surface area (Å²) >= 11 is 0. The van der Waals surface area contributed by atoms with Gasteiger partial charge in [0, 0.05) is 19.8 Å². The molecule has 1 aromatic carbocycles. The van der Waals surface area contributed by atoms with Crippen molar-refractivity contribution in [3.8, 4) is 0 Å². The summed E-state index contributed by atoms with van der Waals surface area (Å²) in [6.45, 7) is 1.19. The third-order valence-corrected chi connectivity index (χ3v) is 3.97. The molecule has 2 heterocycles. The maximum atomic E-state index is 13.1. The lowest BCUT2D eigenvalue weighted by Crippen LogP contribution is -2.42. The average molecular weight is 345 g/mol. The van der Waals surface area contributed by atoms with Gasteiger partial charge in [-0.25, -0.2) is 18.7 Å². The average Bonchev–Trinajstić information content (AvgIpc) is 2.94. The third-order valence-electron chi connectivity index (χ3n) is 3.97. The maximum absolute atomic E-state index is 13.1. The second-order valence-electron chi connectivity index (χ2n) is 5.77. The van der Waals surface area contributed by atoms with Crippen molar-refractivity contribution < 1.29 is 9.18 Å². The van der Waals surface area contributed by atoms with Crippen molar-refractivity contribution in [2.45, 2.75) is 13.5 Å². The van der Waals surface area contributed by atoms with Crippen molar-refractivity contribution in [2.75, 3.05) is 5.32 Å². The Balaban J connectivity index is 1.98. The second-order valence-corrected chi connectivity index (χ2v) is 5.77. The fourth-order valence-electron chi connectivity index (χ4n) is 2.64. The number of hydrogen-bond donors (Lipinski definition) is 1. The van der Waals surface area contributed by atoms with Crippen LogP contribution in [0.2, 0.25) is 0 Å². The molecular weight excluding hydrogens is 329 g/mol. The van der Waals surface area contributed by atoms with Crippen LogP contribution in [0.1, 0.15) is 5.56 Å². The van der Waals surface area contributed by atoms with Crippen LogP contribution < -0.4 is 16.6 Å². The highest BCUT2D eigenvalue weighted by molar-refractivity contribution is 5.91. The molecule has 0 aliphatic heterocycles. The first-order valence-electron chi connectivity index (χ1n) is 7.46. The van der Waals surface area contributed by atoms with E-state index in [0.29, 0.717) is 11.3 Å². The first kappa shape index (κ1) is 16.6. The van der Waals surface area contributed by atoms with E-state index in [4.69, 9.17) is 0 Å². The Kier molecular flexibility index (Phi) is 3.99. The minimum Gasteiger partial charge on any atom is -0.328 e. The third kappa shape index (κ3) is 2.84. The van der Waals surface area contributed by atoms with Crippen molar-refractivity contribution in [3.05, 3.63) is 56.7 Å². The lowest BCUT2D eigenvalue weighted by molar-refractivity contribution is -0.116. The topological polar surface area (TPSA) is 90.9 Å². The van der Waals surface area contributed by atoms with Gasteiger partial charge in [-0.05, 0) is 30.7 Å². The van der Waals surface area contributed by atoms with Gasteiger partial charge in [-0.1, -0.05) is 0 Å². The molecule has 2 aromatic heterocycles. The number of halogens is 1. The van der Waals surface area contributed by atoms with Crippen molar-refractivity contribution >= 4 is 22.8 Å². The fourth-order valence-corrected chi connectivity index (χ4v) is 2.64. The second kappa shape index (κ2) is 6.00. The summed E-state index contributed by atoms with van der Waals surface area (Å²) in [6, 6.07) is 3.92. The number of imidazole rings is 1. The van der Waals surface area contributed by atoms with E-state index in [1.807, 2.05) is 0 Å². The molecule has 1 N–H and O–H groups in total. The number of hydrogen-bond acceptors (Lipinski definition) is 4. The van der Waals surface area contributed by atoms with E-state index in [9.17, 15) is 18.8 Å². The standard InChI is InChI=1S/C16H16FN5O3/c1-9-6-10(17)4-5-11(9)19-12(23)7-22-15(24)13-14(18-8-20(13)2)21(3)16(22)25/h4-6,8H,7H2,1-3H3,(H,19,23). The van der Waals surface area contributed by atoms with Crippen molar-refractivity contribution in [2.24, 2.45) is 14.1 Å². The normalized spacial score (nSPS) is 11.0. The predicted octanol–water partition coefficient (Wildman–Crippen LogP) is 0.520.